The molecular formula is C13H22N2O. The van der Waals surface area contributed by atoms with Crippen LogP contribution in [0.25, 0.3) is 0 Å². The Bertz CT molecular complexity index is 269. The molecule has 0 aromatic carbocycles. The van der Waals surface area contributed by atoms with Crippen LogP contribution in [0.1, 0.15) is 32.6 Å². The highest BCUT2D eigenvalue weighted by atomic mass is 16.2. The van der Waals surface area contributed by atoms with Crippen LogP contribution in [0.4, 0.5) is 0 Å². The van der Waals surface area contributed by atoms with E-state index in [1.165, 1.54) is 32.4 Å². The van der Waals surface area contributed by atoms with Gasteiger partial charge in [-0.25, -0.2) is 0 Å². The van der Waals surface area contributed by atoms with Crippen molar-refractivity contribution < 1.29 is 4.79 Å². The molecule has 2 heterocycles. The molecule has 2 aliphatic heterocycles. The number of likely N-dealkylation sites (tertiary alicyclic amines) is 2. The highest BCUT2D eigenvalue weighted by Crippen LogP contribution is 2.20. The van der Waals surface area contributed by atoms with Gasteiger partial charge in [0, 0.05) is 19.1 Å². The number of amides is 1. The van der Waals surface area contributed by atoms with Crippen molar-refractivity contribution in [1.29, 1.82) is 0 Å². The molecule has 1 atom stereocenters. The van der Waals surface area contributed by atoms with Crippen LogP contribution in [0.15, 0.2) is 12.2 Å². The fourth-order valence-electron chi connectivity index (χ4n) is 2.81. The van der Waals surface area contributed by atoms with E-state index in [2.05, 4.69) is 4.90 Å². The van der Waals surface area contributed by atoms with E-state index in [0.717, 1.165) is 19.5 Å². The van der Waals surface area contributed by atoms with Gasteiger partial charge >= 0.3 is 0 Å². The zero-order chi connectivity index (χ0) is 11.4. The van der Waals surface area contributed by atoms with Crippen molar-refractivity contribution >= 4 is 5.91 Å². The topological polar surface area (TPSA) is 23.6 Å². The van der Waals surface area contributed by atoms with Crippen LogP contribution in [0.5, 0.6) is 0 Å². The summed E-state index contributed by atoms with van der Waals surface area (Å²) >= 11 is 0. The van der Waals surface area contributed by atoms with Crippen LogP contribution in [0, 0.1) is 0 Å². The summed E-state index contributed by atoms with van der Waals surface area (Å²) in [6.07, 6.45) is 8.61. The van der Waals surface area contributed by atoms with Crippen LogP contribution in [0.3, 0.4) is 0 Å². The fraction of sp³-hybridized carbons (Fsp3) is 0.769. The lowest BCUT2D eigenvalue weighted by molar-refractivity contribution is -0.128. The van der Waals surface area contributed by atoms with Gasteiger partial charge in [0.05, 0.1) is 0 Å². The molecule has 16 heavy (non-hydrogen) atoms. The molecule has 1 unspecified atom stereocenters. The quantitative estimate of drug-likeness (QED) is 0.663. The second kappa shape index (κ2) is 5.48. The van der Waals surface area contributed by atoms with Crippen molar-refractivity contribution in [2.75, 3.05) is 26.2 Å². The second-order valence-corrected chi connectivity index (χ2v) is 4.82. The van der Waals surface area contributed by atoms with E-state index in [1.807, 2.05) is 17.9 Å². The molecule has 0 radical (unpaired) electrons. The van der Waals surface area contributed by atoms with Gasteiger partial charge < -0.3 is 4.90 Å². The van der Waals surface area contributed by atoms with Gasteiger partial charge in [-0.2, -0.15) is 0 Å². The lowest BCUT2D eigenvalue weighted by atomic mass is 10.0. The normalized spacial score (nSPS) is 27.8. The molecule has 2 fully saturated rings. The summed E-state index contributed by atoms with van der Waals surface area (Å²) in [6, 6.07) is 0.616. The van der Waals surface area contributed by atoms with Crippen molar-refractivity contribution in [3.05, 3.63) is 12.2 Å². The number of nitrogens with zero attached hydrogens (tertiary/aromatic N) is 2. The maximum absolute atomic E-state index is 11.8. The molecule has 0 N–H and O–H groups in total. The monoisotopic (exact) mass is 222 g/mol. The zero-order valence-corrected chi connectivity index (χ0v) is 10.2. The number of carbonyl (C=O) groups excluding carboxylic acids is 1. The minimum atomic E-state index is 0.186. The first kappa shape index (κ1) is 11.6. The Balaban J connectivity index is 1.90. The van der Waals surface area contributed by atoms with E-state index >= 15 is 0 Å². The van der Waals surface area contributed by atoms with Gasteiger partial charge in [-0.05, 0) is 51.8 Å². The average molecular weight is 222 g/mol. The van der Waals surface area contributed by atoms with Crippen LogP contribution in [-0.4, -0.2) is 47.9 Å². The summed E-state index contributed by atoms with van der Waals surface area (Å²) in [5.74, 6) is 0.186. The van der Waals surface area contributed by atoms with Gasteiger partial charge in [0.25, 0.3) is 0 Å². The first-order chi connectivity index (χ1) is 7.81. The minimum absolute atomic E-state index is 0.186. The number of piperidine rings is 1. The lowest BCUT2D eigenvalue weighted by Gasteiger charge is -2.37. The van der Waals surface area contributed by atoms with Gasteiger partial charge in [0.2, 0.25) is 5.91 Å². The Morgan fingerprint density at radius 1 is 1.19 bits per heavy atom. The predicted molar refractivity (Wildman–Crippen MR) is 65.2 cm³/mol. The fourth-order valence-corrected chi connectivity index (χ4v) is 2.81. The molecule has 0 spiro atoms. The van der Waals surface area contributed by atoms with Gasteiger partial charge in [0.15, 0.2) is 0 Å². The second-order valence-electron chi connectivity index (χ2n) is 4.82. The summed E-state index contributed by atoms with van der Waals surface area (Å²) in [4.78, 5) is 16.4. The SMILES string of the molecule is CC=CC(=O)N1CCCC(N2CCCC2)C1. The summed E-state index contributed by atoms with van der Waals surface area (Å²) in [6.45, 7) is 6.24. The standard InChI is InChI=1S/C13H22N2O/c1-2-6-13(16)15-10-5-7-12(11-15)14-8-3-4-9-14/h2,6,12H,3-5,7-11H2,1H3. The number of carbonyl (C=O) groups is 1. The average Bonchev–Trinajstić information content (AvgIpc) is 2.83. The molecule has 0 bridgehead atoms. The number of rotatable bonds is 2. The molecule has 3 heteroatoms. The summed E-state index contributed by atoms with van der Waals surface area (Å²) in [7, 11) is 0. The highest BCUT2D eigenvalue weighted by Gasteiger charge is 2.28. The smallest absolute Gasteiger partial charge is 0.246 e. The van der Waals surface area contributed by atoms with Crippen molar-refractivity contribution in [2.45, 2.75) is 38.6 Å². The molecule has 90 valence electrons. The summed E-state index contributed by atoms with van der Waals surface area (Å²) in [5.41, 5.74) is 0. The third-order valence-electron chi connectivity index (χ3n) is 3.67. The van der Waals surface area contributed by atoms with Gasteiger partial charge in [0.1, 0.15) is 0 Å². The molecule has 3 nitrogen and oxygen atoms in total. The molecule has 2 rings (SSSR count). The minimum Gasteiger partial charge on any atom is -0.338 e. The maximum Gasteiger partial charge on any atom is 0.246 e. The third-order valence-corrected chi connectivity index (χ3v) is 3.67. The van der Waals surface area contributed by atoms with Crippen molar-refractivity contribution in [1.82, 2.24) is 9.80 Å². The van der Waals surface area contributed by atoms with E-state index in [0.29, 0.717) is 6.04 Å². The molecular weight excluding hydrogens is 200 g/mol. The van der Waals surface area contributed by atoms with Crippen molar-refractivity contribution in [2.24, 2.45) is 0 Å². The van der Waals surface area contributed by atoms with E-state index in [1.54, 1.807) is 6.08 Å². The Labute approximate surface area is 98.1 Å². The number of allylic oxidation sites excluding steroid dienone is 1. The van der Waals surface area contributed by atoms with Crippen molar-refractivity contribution in [3.63, 3.8) is 0 Å². The molecule has 1 amide bonds. The largest absolute Gasteiger partial charge is 0.338 e. The van der Waals surface area contributed by atoms with E-state index < -0.39 is 0 Å². The molecule has 0 aromatic rings. The van der Waals surface area contributed by atoms with E-state index in [9.17, 15) is 4.79 Å². The predicted octanol–water partition coefficient (Wildman–Crippen LogP) is 1.65. The first-order valence-electron chi connectivity index (χ1n) is 6.47. The van der Waals surface area contributed by atoms with E-state index in [4.69, 9.17) is 0 Å². The summed E-state index contributed by atoms with van der Waals surface area (Å²) in [5, 5.41) is 0. The van der Waals surface area contributed by atoms with Crippen LogP contribution in [0.2, 0.25) is 0 Å². The molecule has 0 aromatic heterocycles. The third kappa shape index (κ3) is 2.64. The zero-order valence-electron chi connectivity index (χ0n) is 10.2. The summed E-state index contributed by atoms with van der Waals surface area (Å²) < 4.78 is 0. The van der Waals surface area contributed by atoms with E-state index in [-0.39, 0.29) is 5.91 Å². The Morgan fingerprint density at radius 3 is 2.62 bits per heavy atom. The highest BCUT2D eigenvalue weighted by molar-refractivity contribution is 5.87. The Hall–Kier alpha value is -0.830. The molecule has 2 aliphatic rings. The van der Waals surface area contributed by atoms with Gasteiger partial charge in [-0.15, -0.1) is 0 Å². The van der Waals surface area contributed by atoms with Gasteiger partial charge in [-0.1, -0.05) is 6.08 Å². The maximum atomic E-state index is 11.8. The van der Waals surface area contributed by atoms with Gasteiger partial charge in [-0.3, -0.25) is 9.69 Å². The van der Waals surface area contributed by atoms with Crippen LogP contribution < -0.4 is 0 Å². The molecule has 2 saturated heterocycles. The molecule has 0 aliphatic carbocycles. The Kier molecular flexibility index (Phi) is 3.99. The van der Waals surface area contributed by atoms with Crippen molar-refractivity contribution in [3.8, 4) is 0 Å². The number of hydrogen-bond acceptors (Lipinski definition) is 2. The van der Waals surface area contributed by atoms with Crippen LogP contribution >= 0.6 is 0 Å². The first-order valence-corrected chi connectivity index (χ1v) is 6.47. The Morgan fingerprint density at radius 2 is 1.94 bits per heavy atom. The van der Waals surface area contributed by atoms with Crippen LogP contribution in [-0.2, 0) is 4.79 Å². The molecule has 0 saturated carbocycles. The lowest BCUT2D eigenvalue weighted by Crippen LogP contribution is -2.48. The number of hydrogen-bond donors (Lipinski definition) is 0.